The normalized spacial score (nSPS) is 56.7. The van der Waals surface area contributed by atoms with Gasteiger partial charge in [0.05, 0.1) is 0 Å². The van der Waals surface area contributed by atoms with Crippen LogP contribution in [0.3, 0.4) is 0 Å². The van der Waals surface area contributed by atoms with Crippen molar-refractivity contribution in [2.75, 3.05) is 0 Å². The molecule has 1 nitrogen and oxygen atoms in total. The maximum absolute atomic E-state index is 12.9. The zero-order chi connectivity index (χ0) is 6.48. The Bertz CT molecular complexity index is 133. The molecule has 2 saturated carbocycles. The molecule has 0 aromatic carbocycles. The van der Waals surface area contributed by atoms with Crippen molar-refractivity contribution >= 4 is 0 Å². The van der Waals surface area contributed by atoms with Crippen LogP contribution in [0.1, 0.15) is 25.7 Å². The standard InChI is InChI=1S/C7H11FO/c8-7(9)4-5-1-2-6(7)3-5/h5-6,9H,1-4H2/t5?,6?,7-/m0/s1. The number of rotatable bonds is 0. The largest absolute Gasteiger partial charge is 0.361 e. The summed E-state index contributed by atoms with van der Waals surface area (Å²) < 4.78 is 12.9. The van der Waals surface area contributed by atoms with E-state index in [-0.39, 0.29) is 5.92 Å². The molecular formula is C7H11FO. The monoisotopic (exact) mass is 130 g/mol. The smallest absolute Gasteiger partial charge is 0.209 e. The predicted molar refractivity (Wildman–Crippen MR) is 31.5 cm³/mol. The van der Waals surface area contributed by atoms with E-state index in [1.54, 1.807) is 0 Å². The van der Waals surface area contributed by atoms with Gasteiger partial charge in [-0.3, -0.25) is 0 Å². The molecule has 0 heterocycles. The summed E-state index contributed by atoms with van der Waals surface area (Å²) in [5.41, 5.74) is 0. The molecule has 0 aliphatic heterocycles. The van der Waals surface area contributed by atoms with Crippen molar-refractivity contribution in [2.24, 2.45) is 11.8 Å². The van der Waals surface area contributed by atoms with Gasteiger partial charge in [0, 0.05) is 12.3 Å². The molecule has 0 aromatic rings. The second-order valence-electron chi connectivity index (χ2n) is 3.40. The number of fused-ring (bicyclic) bond motifs is 2. The third-order valence-electron chi connectivity index (χ3n) is 2.74. The van der Waals surface area contributed by atoms with E-state index in [0.717, 1.165) is 19.3 Å². The fraction of sp³-hybridized carbons (Fsp3) is 1.00. The lowest BCUT2D eigenvalue weighted by molar-refractivity contribution is -0.128. The number of aliphatic hydroxyl groups is 1. The van der Waals surface area contributed by atoms with E-state index in [2.05, 4.69) is 0 Å². The molecule has 0 amide bonds. The fourth-order valence-corrected chi connectivity index (χ4v) is 2.23. The Morgan fingerprint density at radius 3 is 2.44 bits per heavy atom. The minimum Gasteiger partial charge on any atom is -0.361 e. The van der Waals surface area contributed by atoms with Crippen LogP contribution in [0.4, 0.5) is 4.39 Å². The van der Waals surface area contributed by atoms with Gasteiger partial charge >= 0.3 is 0 Å². The third-order valence-corrected chi connectivity index (χ3v) is 2.74. The van der Waals surface area contributed by atoms with Crippen molar-refractivity contribution in [2.45, 2.75) is 31.5 Å². The minimum absolute atomic E-state index is 0.0255. The van der Waals surface area contributed by atoms with Crippen LogP contribution in [0.2, 0.25) is 0 Å². The van der Waals surface area contributed by atoms with Crippen LogP contribution in [0.25, 0.3) is 0 Å². The van der Waals surface area contributed by atoms with Gasteiger partial charge in [-0.05, 0) is 25.2 Å². The van der Waals surface area contributed by atoms with Gasteiger partial charge in [0.15, 0.2) is 0 Å². The molecule has 52 valence electrons. The van der Waals surface area contributed by atoms with Crippen LogP contribution >= 0.6 is 0 Å². The Morgan fingerprint density at radius 2 is 2.22 bits per heavy atom. The van der Waals surface area contributed by atoms with Crippen LogP contribution < -0.4 is 0 Å². The van der Waals surface area contributed by atoms with Crippen LogP contribution in [-0.4, -0.2) is 11.0 Å². The Morgan fingerprint density at radius 1 is 1.44 bits per heavy atom. The lowest BCUT2D eigenvalue weighted by Crippen LogP contribution is -2.28. The average molecular weight is 130 g/mol. The summed E-state index contributed by atoms with van der Waals surface area (Å²) in [5.74, 6) is -1.32. The van der Waals surface area contributed by atoms with E-state index >= 15 is 0 Å². The Labute approximate surface area is 53.9 Å². The van der Waals surface area contributed by atoms with E-state index < -0.39 is 5.85 Å². The Hall–Kier alpha value is -0.110. The van der Waals surface area contributed by atoms with Crippen molar-refractivity contribution in [1.29, 1.82) is 0 Å². The fourth-order valence-electron chi connectivity index (χ4n) is 2.23. The first-order valence-corrected chi connectivity index (χ1v) is 3.60. The molecule has 1 N–H and O–H groups in total. The second-order valence-corrected chi connectivity index (χ2v) is 3.40. The summed E-state index contributed by atoms with van der Waals surface area (Å²) in [4.78, 5) is 0. The molecule has 2 fully saturated rings. The molecule has 2 heteroatoms. The quantitative estimate of drug-likeness (QED) is 0.526. The van der Waals surface area contributed by atoms with Gasteiger partial charge in [0.25, 0.3) is 0 Å². The molecule has 2 aliphatic carbocycles. The summed E-state index contributed by atoms with van der Waals surface area (Å²) in [6, 6.07) is 0. The lowest BCUT2D eigenvalue weighted by atomic mass is 9.96. The molecule has 2 rings (SSSR count). The first kappa shape index (κ1) is 5.66. The summed E-state index contributed by atoms with van der Waals surface area (Å²) in [7, 11) is 0. The van der Waals surface area contributed by atoms with Crippen molar-refractivity contribution in [1.82, 2.24) is 0 Å². The first-order valence-electron chi connectivity index (χ1n) is 3.60. The van der Waals surface area contributed by atoms with Crippen molar-refractivity contribution in [3.63, 3.8) is 0 Å². The number of hydrogen-bond donors (Lipinski definition) is 1. The van der Waals surface area contributed by atoms with Crippen molar-refractivity contribution in [3.05, 3.63) is 0 Å². The van der Waals surface area contributed by atoms with Gasteiger partial charge < -0.3 is 5.11 Å². The van der Waals surface area contributed by atoms with E-state index in [1.807, 2.05) is 0 Å². The Kier molecular flexibility index (Phi) is 0.933. The molecule has 2 aliphatic rings. The molecule has 3 atom stereocenters. The summed E-state index contributed by atoms with van der Waals surface area (Å²) >= 11 is 0. The summed E-state index contributed by atoms with van der Waals surface area (Å²) in [6.07, 6.45) is 3.36. The molecule has 2 unspecified atom stereocenters. The van der Waals surface area contributed by atoms with Crippen LogP contribution in [0, 0.1) is 11.8 Å². The lowest BCUT2D eigenvalue weighted by Gasteiger charge is -2.22. The highest BCUT2D eigenvalue weighted by Gasteiger charge is 2.50. The molecular weight excluding hydrogens is 119 g/mol. The van der Waals surface area contributed by atoms with Gasteiger partial charge in [-0.25, -0.2) is 4.39 Å². The Balaban J connectivity index is 2.18. The van der Waals surface area contributed by atoms with E-state index in [0.29, 0.717) is 12.3 Å². The van der Waals surface area contributed by atoms with Crippen LogP contribution in [0.5, 0.6) is 0 Å². The highest BCUT2D eigenvalue weighted by atomic mass is 19.2. The average Bonchev–Trinajstić information content (AvgIpc) is 2.19. The minimum atomic E-state index is -1.79. The van der Waals surface area contributed by atoms with Gasteiger partial charge in [0.2, 0.25) is 5.85 Å². The van der Waals surface area contributed by atoms with Crippen LogP contribution in [0.15, 0.2) is 0 Å². The van der Waals surface area contributed by atoms with E-state index in [1.165, 1.54) is 0 Å². The number of hydrogen-bond acceptors (Lipinski definition) is 1. The summed E-state index contributed by atoms with van der Waals surface area (Å²) in [6.45, 7) is 0. The van der Waals surface area contributed by atoms with Crippen molar-refractivity contribution < 1.29 is 9.50 Å². The van der Waals surface area contributed by atoms with Gasteiger partial charge in [-0.2, -0.15) is 0 Å². The highest BCUT2D eigenvalue weighted by molar-refractivity contribution is 4.94. The summed E-state index contributed by atoms with van der Waals surface area (Å²) in [5, 5.41) is 9.02. The molecule has 9 heavy (non-hydrogen) atoms. The SMILES string of the molecule is O[C@@]1(F)CC2CCC1C2. The predicted octanol–water partition coefficient (Wildman–Crippen LogP) is 1.46. The zero-order valence-corrected chi connectivity index (χ0v) is 5.31. The first-order chi connectivity index (χ1) is 4.18. The third kappa shape index (κ3) is 0.692. The van der Waals surface area contributed by atoms with Crippen molar-refractivity contribution in [3.8, 4) is 0 Å². The number of alkyl halides is 1. The maximum Gasteiger partial charge on any atom is 0.209 e. The topological polar surface area (TPSA) is 20.2 Å². The molecule has 0 radical (unpaired) electrons. The molecule has 0 saturated heterocycles. The highest BCUT2D eigenvalue weighted by Crippen LogP contribution is 2.51. The molecule has 0 aromatic heterocycles. The van der Waals surface area contributed by atoms with Gasteiger partial charge in [-0.1, -0.05) is 0 Å². The van der Waals surface area contributed by atoms with E-state index in [4.69, 9.17) is 5.11 Å². The van der Waals surface area contributed by atoms with Crippen LogP contribution in [-0.2, 0) is 0 Å². The van der Waals surface area contributed by atoms with E-state index in [9.17, 15) is 4.39 Å². The molecule has 0 spiro atoms. The number of halogens is 1. The molecule has 2 bridgehead atoms. The maximum atomic E-state index is 12.9. The van der Waals surface area contributed by atoms with Gasteiger partial charge in [0.1, 0.15) is 0 Å². The second kappa shape index (κ2) is 1.48. The van der Waals surface area contributed by atoms with Gasteiger partial charge in [-0.15, -0.1) is 0 Å². The zero-order valence-electron chi connectivity index (χ0n) is 5.31.